The van der Waals surface area contributed by atoms with Gasteiger partial charge in [-0.1, -0.05) is 0 Å². The van der Waals surface area contributed by atoms with Crippen molar-refractivity contribution in [3.05, 3.63) is 0 Å². The average Bonchev–Trinajstić information content (AvgIpc) is 0.811. The molecule has 0 aliphatic heterocycles. The van der Waals surface area contributed by atoms with Crippen LogP contribution in [-0.4, -0.2) is 22.4 Å². The van der Waals surface area contributed by atoms with Crippen molar-refractivity contribution in [2.45, 2.75) is 0 Å². The van der Waals surface area contributed by atoms with Crippen LogP contribution in [0.1, 0.15) is 2.85 Å². The normalized spacial score (nSPS) is 4.50. The van der Waals surface area contributed by atoms with Gasteiger partial charge in [0.2, 0.25) is 0 Å². The molecule has 0 rings (SSSR count). The van der Waals surface area contributed by atoms with Crippen LogP contribution in [0.5, 0.6) is 0 Å². The minimum atomic E-state index is -2.17. The van der Waals surface area contributed by atoms with Gasteiger partial charge >= 0.3 is 55.7 Å². The summed E-state index contributed by atoms with van der Waals surface area (Å²) in [5, 5.41) is 21.5. The molecule has 0 saturated carbocycles. The van der Waals surface area contributed by atoms with E-state index in [9.17, 15) is 0 Å². The first kappa shape index (κ1) is 15.6. The quantitative estimate of drug-likeness (QED) is 0.261. The Bertz CT molecular complexity index is 22.0. The zero-order valence-corrected chi connectivity index (χ0v) is 5.92. The summed E-state index contributed by atoms with van der Waals surface area (Å²) in [5.74, 6) is 0. The van der Waals surface area contributed by atoms with Crippen LogP contribution in [0.3, 0.4) is 0 Å². The fourth-order valence-corrected chi connectivity index (χ4v) is 0. The van der Waals surface area contributed by atoms with Gasteiger partial charge < -0.3 is 17.9 Å². The maximum atomic E-state index is 7.17. The molecule has 3 N–H and O–H groups in total. The zero-order valence-electron chi connectivity index (χ0n) is 5.92. The van der Waals surface area contributed by atoms with Crippen LogP contribution in [0.4, 0.5) is 0 Å². The maximum Gasteiger partial charge on any atom is 1.00 e. The van der Waals surface area contributed by atoms with Gasteiger partial charge in [-0.05, 0) is 0 Å². The van der Waals surface area contributed by atoms with Gasteiger partial charge in [0, 0.05) is 0 Å². The van der Waals surface area contributed by atoms with Gasteiger partial charge in [-0.2, -0.15) is 0 Å². The van der Waals surface area contributed by atoms with Gasteiger partial charge in [-0.3, -0.25) is 0 Å². The number of rotatable bonds is 0. The second kappa shape index (κ2) is 9.74. The van der Waals surface area contributed by atoms with Crippen LogP contribution >= 0.6 is 0 Å². The van der Waals surface area contributed by atoms with Crippen molar-refractivity contribution >= 4 is 7.32 Å². The SMILES string of the molecule is OB(O)O.[H-].[H-].[Li+].[Na+]. The fraction of sp³-hybridized carbons (Fsp3) is 0. The monoisotopic (exact) mass is 94.0 g/mol. The summed E-state index contributed by atoms with van der Waals surface area (Å²) in [4.78, 5) is 0. The molecule has 0 aliphatic carbocycles. The molecule has 0 heterocycles. The van der Waals surface area contributed by atoms with Crippen LogP contribution in [0.2, 0.25) is 0 Å². The molecule has 0 spiro atoms. The Morgan fingerprint density at radius 1 is 1.17 bits per heavy atom. The molecule has 0 aliphatic rings. The van der Waals surface area contributed by atoms with Crippen molar-refractivity contribution in [2.75, 3.05) is 0 Å². The van der Waals surface area contributed by atoms with Gasteiger partial charge in [-0.25, -0.2) is 0 Å². The van der Waals surface area contributed by atoms with Crippen LogP contribution in [-0.2, 0) is 0 Å². The van der Waals surface area contributed by atoms with E-state index < -0.39 is 7.32 Å². The van der Waals surface area contributed by atoms with Crippen LogP contribution < -0.4 is 48.4 Å². The third-order valence-electron chi connectivity index (χ3n) is 0. The Morgan fingerprint density at radius 2 is 1.17 bits per heavy atom. The number of hydrogen-bond acceptors (Lipinski definition) is 3. The summed E-state index contributed by atoms with van der Waals surface area (Å²) >= 11 is 0. The summed E-state index contributed by atoms with van der Waals surface area (Å²) in [6.45, 7) is 0. The van der Waals surface area contributed by atoms with E-state index in [1.807, 2.05) is 0 Å². The Morgan fingerprint density at radius 3 is 1.17 bits per heavy atom. The molecule has 6 heavy (non-hydrogen) atoms. The Labute approximate surface area is 73.4 Å². The Hall–Kier alpha value is 1.54. The van der Waals surface area contributed by atoms with E-state index in [0.29, 0.717) is 0 Å². The molecule has 0 bridgehead atoms. The molecule has 0 aromatic rings. The summed E-state index contributed by atoms with van der Waals surface area (Å²) in [6, 6.07) is 0. The van der Waals surface area contributed by atoms with Crippen LogP contribution in [0, 0.1) is 0 Å². The predicted molar refractivity (Wildman–Crippen MR) is 14.6 cm³/mol. The molecule has 0 atom stereocenters. The molecular weight excluding hydrogens is 88.7 g/mol. The third-order valence-corrected chi connectivity index (χ3v) is 0. The van der Waals surface area contributed by atoms with Crippen molar-refractivity contribution in [1.29, 1.82) is 0 Å². The van der Waals surface area contributed by atoms with E-state index in [0.717, 1.165) is 0 Å². The number of hydrogen-bond donors (Lipinski definition) is 3. The minimum Gasteiger partial charge on any atom is -1.00 e. The molecular formula is H5BLiNaO3. The van der Waals surface area contributed by atoms with E-state index in [2.05, 4.69) is 0 Å². The maximum absolute atomic E-state index is 7.17. The first-order chi connectivity index (χ1) is 1.73. The largest absolute Gasteiger partial charge is 1.00 e. The molecule has 0 fully saturated rings. The van der Waals surface area contributed by atoms with Crippen LogP contribution in [0.15, 0.2) is 0 Å². The third kappa shape index (κ3) is 48.1. The first-order valence-electron chi connectivity index (χ1n) is 0.775. The van der Waals surface area contributed by atoms with E-state index in [4.69, 9.17) is 15.1 Å². The molecule has 0 aromatic heterocycles. The summed E-state index contributed by atoms with van der Waals surface area (Å²) in [5.41, 5.74) is 0. The minimum absolute atomic E-state index is 0. The fourth-order valence-electron chi connectivity index (χ4n) is 0. The van der Waals surface area contributed by atoms with E-state index in [-0.39, 0.29) is 51.3 Å². The molecule has 0 unspecified atom stereocenters. The molecule has 0 amide bonds. The van der Waals surface area contributed by atoms with Crippen molar-refractivity contribution in [3.63, 3.8) is 0 Å². The molecule has 0 aromatic carbocycles. The van der Waals surface area contributed by atoms with Crippen molar-refractivity contribution in [2.24, 2.45) is 0 Å². The van der Waals surface area contributed by atoms with E-state index >= 15 is 0 Å². The van der Waals surface area contributed by atoms with Gasteiger partial charge in [0.25, 0.3) is 0 Å². The topological polar surface area (TPSA) is 60.7 Å². The zero-order chi connectivity index (χ0) is 3.58. The van der Waals surface area contributed by atoms with Gasteiger partial charge in [0.1, 0.15) is 0 Å². The Balaban J connectivity index is -0.00000000750. The van der Waals surface area contributed by atoms with Crippen molar-refractivity contribution in [3.8, 4) is 0 Å². The summed E-state index contributed by atoms with van der Waals surface area (Å²) in [7, 11) is -2.17. The van der Waals surface area contributed by atoms with E-state index in [1.54, 1.807) is 0 Å². The van der Waals surface area contributed by atoms with Crippen molar-refractivity contribution < 1.29 is 66.3 Å². The average molecular weight is 93.8 g/mol. The second-order valence-corrected chi connectivity index (χ2v) is 0.346. The molecule has 0 saturated heterocycles. The van der Waals surface area contributed by atoms with Gasteiger partial charge in [-0.15, -0.1) is 0 Å². The molecule has 3 nitrogen and oxygen atoms in total. The van der Waals surface area contributed by atoms with Crippen LogP contribution in [0.25, 0.3) is 0 Å². The predicted octanol–water partition coefficient (Wildman–Crippen LogP) is -7.82. The molecule has 28 valence electrons. The van der Waals surface area contributed by atoms with Crippen molar-refractivity contribution in [1.82, 2.24) is 0 Å². The van der Waals surface area contributed by atoms with Gasteiger partial charge in [0.15, 0.2) is 0 Å². The Kier molecular flexibility index (Phi) is 25.4. The van der Waals surface area contributed by atoms with Gasteiger partial charge in [0.05, 0.1) is 0 Å². The molecule has 0 radical (unpaired) electrons. The van der Waals surface area contributed by atoms with E-state index in [1.165, 1.54) is 0 Å². The summed E-state index contributed by atoms with van der Waals surface area (Å²) < 4.78 is 0. The first-order valence-corrected chi connectivity index (χ1v) is 0.775. The smallest absolute Gasteiger partial charge is 1.00 e. The standard InChI is InChI=1S/BH3O3.Li.Na.2H/c2-1(3)4;;;;/h2-4H;;;;/q;2*+1;2*-1. The summed E-state index contributed by atoms with van der Waals surface area (Å²) in [6.07, 6.45) is 0. The molecule has 6 heteroatoms. The second-order valence-electron chi connectivity index (χ2n) is 0.346.